The van der Waals surface area contributed by atoms with Crippen LogP contribution in [0.25, 0.3) is 0 Å². The van der Waals surface area contributed by atoms with E-state index in [0.717, 1.165) is 12.4 Å². The molecule has 0 radical (unpaired) electrons. The number of hydrogen-bond donors (Lipinski definition) is 1. The zero-order chi connectivity index (χ0) is 14.0. The van der Waals surface area contributed by atoms with Gasteiger partial charge in [0, 0.05) is 31.5 Å². The molecule has 1 aromatic heterocycles. The molecule has 0 amide bonds. The summed E-state index contributed by atoms with van der Waals surface area (Å²) >= 11 is 0. The van der Waals surface area contributed by atoms with Crippen LogP contribution in [0.5, 0.6) is 0 Å². The van der Waals surface area contributed by atoms with Gasteiger partial charge in [-0.2, -0.15) is 0 Å². The minimum Gasteiger partial charge on any atom is -0.337 e. The second kappa shape index (κ2) is 5.63. The number of nitrogens with one attached hydrogen (secondary N) is 1. The van der Waals surface area contributed by atoms with Crippen LogP contribution in [0.15, 0.2) is 12.4 Å². The summed E-state index contributed by atoms with van der Waals surface area (Å²) < 4.78 is 2.11. The van der Waals surface area contributed by atoms with Gasteiger partial charge in [0.25, 0.3) is 0 Å². The lowest BCUT2D eigenvalue weighted by Gasteiger charge is -2.47. The maximum absolute atomic E-state index is 4.44. The number of imidazole rings is 1. The van der Waals surface area contributed by atoms with E-state index in [1.54, 1.807) is 0 Å². The zero-order valence-corrected chi connectivity index (χ0v) is 13.0. The molecule has 2 atom stereocenters. The summed E-state index contributed by atoms with van der Waals surface area (Å²) in [5, 5.41) is 3.55. The van der Waals surface area contributed by atoms with Gasteiger partial charge in [-0.3, -0.25) is 4.90 Å². The lowest BCUT2D eigenvalue weighted by Crippen LogP contribution is -2.57. The normalized spacial score (nSPS) is 26.8. The van der Waals surface area contributed by atoms with Gasteiger partial charge < -0.3 is 9.88 Å². The summed E-state index contributed by atoms with van der Waals surface area (Å²) in [4.78, 5) is 6.90. The van der Waals surface area contributed by atoms with E-state index in [1.807, 2.05) is 12.4 Å². The molecule has 4 heteroatoms. The molecular weight excluding hydrogens is 236 g/mol. The Balaban J connectivity index is 2.09. The zero-order valence-electron chi connectivity index (χ0n) is 13.0. The third-order valence-corrected chi connectivity index (χ3v) is 4.74. The van der Waals surface area contributed by atoms with Crippen LogP contribution in [0, 0.1) is 5.41 Å². The lowest BCUT2D eigenvalue weighted by atomic mass is 9.70. The molecule has 1 heterocycles. The van der Waals surface area contributed by atoms with Gasteiger partial charge in [0.05, 0.1) is 6.54 Å². The van der Waals surface area contributed by atoms with Crippen LogP contribution in [0.2, 0.25) is 0 Å². The number of aryl methyl sites for hydroxylation is 1. The van der Waals surface area contributed by atoms with E-state index in [4.69, 9.17) is 0 Å². The highest BCUT2D eigenvalue weighted by molar-refractivity contribution is 4.99. The molecule has 108 valence electrons. The molecule has 0 saturated heterocycles. The molecular formula is C15H28N4. The van der Waals surface area contributed by atoms with E-state index in [2.05, 4.69) is 54.8 Å². The molecule has 2 unspecified atom stereocenters. The highest BCUT2D eigenvalue weighted by atomic mass is 15.2. The monoisotopic (exact) mass is 264 g/mol. The van der Waals surface area contributed by atoms with Crippen molar-refractivity contribution in [1.82, 2.24) is 19.8 Å². The largest absolute Gasteiger partial charge is 0.337 e. The van der Waals surface area contributed by atoms with Crippen molar-refractivity contribution in [3.63, 3.8) is 0 Å². The summed E-state index contributed by atoms with van der Waals surface area (Å²) in [6.45, 7) is 5.69. The quantitative estimate of drug-likeness (QED) is 0.903. The second-order valence-corrected chi connectivity index (χ2v) is 6.58. The van der Waals surface area contributed by atoms with E-state index in [-0.39, 0.29) is 0 Å². The van der Waals surface area contributed by atoms with Gasteiger partial charge in [0.1, 0.15) is 5.82 Å². The smallest absolute Gasteiger partial charge is 0.122 e. The Kier molecular flexibility index (Phi) is 4.31. The fourth-order valence-electron chi connectivity index (χ4n) is 3.56. The van der Waals surface area contributed by atoms with Crippen LogP contribution >= 0.6 is 0 Å². The first-order valence-corrected chi connectivity index (χ1v) is 7.29. The van der Waals surface area contributed by atoms with Crippen molar-refractivity contribution >= 4 is 0 Å². The molecule has 1 N–H and O–H groups in total. The molecule has 0 bridgehead atoms. The minimum atomic E-state index is 0.369. The van der Waals surface area contributed by atoms with Crippen LogP contribution in [0.3, 0.4) is 0 Å². The first-order chi connectivity index (χ1) is 8.95. The van der Waals surface area contributed by atoms with Crippen molar-refractivity contribution in [2.45, 2.75) is 51.7 Å². The summed E-state index contributed by atoms with van der Waals surface area (Å²) in [5.74, 6) is 1.14. The van der Waals surface area contributed by atoms with Gasteiger partial charge in [-0.05, 0) is 32.4 Å². The van der Waals surface area contributed by atoms with Crippen LogP contribution in [0.1, 0.15) is 38.9 Å². The minimum absolute atomic E-state index is 0.369. The Morgan fingerprint density at radius 2 is 2.26 bits per heavy atom. The van der Waals surface area contributed by atoms with Gasteiger partial charge >= 0.3 is 0 Å². The summed E-state index contributed by atoms with van der Waals surface area (Å²) in [7, 11) is 6.39. The van der Waals surface area contributed by atoms with Gasteiger partial charge in [0.15, 0.2) is 0 Å². The maximum atomic E-state index is 4.44. The van der Waals surface area contributed by atoms with Crippen molar-refractivity contribution in [3.8, 4) is 0 Å². The lowest BCUT2D eigenvalue weighted by molar-refractivity contribution is 0.0615. The van der Waals surface area contributed by atoms with Crippen LogP contribution in [-0.2, 0) is 13.6 Å². The van der Waals surface area contributed by atoms with Gasteiger partial charge in [0.2, 0.25) is 0 Å². The molecule has 0 aromatic carbocycles. The molecule has 0 aliphatic heterocycles. The Hall–Kier alpha value is -0.870. The van der Waals surface area contributed by atoms with Crippen molar-refractivity contribution in [1.29, 1.82) is 0 Å². The van der Waals surface area contributed by atoms with Crippen LogP contribution in [-0.4, -0.2) is 40.6 Å². The highest BCUT2D eigenvalue weighted by Crippen LogP contribution is 2.37. The number of hydrogen-bond acceptors (Lipinski definition) is 3. The van der Waals surface area contributed by atoms with E-state index < -0.39 is 0 Å². The maximum Gasteiger partial charge on any atom is 0.122 e. The predicted molar refractivity (Wildman–Crippen MR) is 78.9 cm³/mol. The standard InChI is InChI=1S/C15H28N4/c1-15(2)8-6-7-12(14(15)16-3)19(5)11-13-17-9-10-18(13)4/h9-10,12,14,16H,6-8,11H2,1-5H3. The summed E-state index contributed by atoms with van der Waals surface area (Å²) in [5.41, 5.74) is 0.369. The van der Waals surface area contributed by atoms with E-state index >= 15 is 0 Å². The molecule has 1 aromatic rings. The Bertz CT molecular complexity index is 410. The number of aromatic nitrogens is 2. The molecule has 1 aliphatic carbocycles. The van der Waals surface area contributed by atoms with Gasteiger partial charge in [-0.15, -0.1) is 0 Å². The third-order valence-electron chi connectivity index (χ3n) is 4.74. The predicted octanol–water partition coefficient (Wildman–Crippen LogP) is 2.02. The second-order valence-electron chi connectivity index (χ2n) is 6.58. The van der Waals surface area contributed by atoms with Crippen molar-refractivity contribution in [3.05, 3.63) is 18.2 Å². The van der Waals surface area contributed by atoms with E-state index in [1.165, 1.54) is 19.3 Å². The third kappa shape index (κ3) is 3.00. The Morgan fingerprint density at radius 1 is 1.53 bits per heavy atom. The Morgan fingerprint density at radius 3 is 2.84 bits per heavy atom. The van der Waals surface area contributed by atoms with Crippen LogP contribution in [0.4, 0.5) is 0 Å². The molecule has 4 nitrogen and oxygen atoms in total. The fraction of sp³-hybridized carbons (Fsp3) is 0.800. The SMILES string of the molecule is CNC1C(N(C)Cc2nccn2C)CCCC1(C)C. The molecule has 2 rings (SSSR count). The topological polar surface area (TPSA) is 33.1 Å². The van der Waals surface area contributed by atoms with E-state index in [9.17, 15) is 0 Å². The van der Waals surface area contributed by atoms with Crippen molar-refractivity contribution in [2.24, 2.45) is 12.5 Å². The number of rotatable bonds is 4. The van der Waals surface area contributed by atoms with Crippen molar-refractivity contribution in [2.75, 3.05) is 14.1 Å². The average Bonchev–Trinajstić information content (AvgIpc) is 2.73. The van der Waals surface area contributed by atoms with Gasteiger partial charge in [-0.1, -0.05) is 20.3 Å². The van der Waals surface area contributed by atoms with Gasteiger partial charge in [-0.25, -0.2) is 4.98 Å². The molecule has 1 fully saturated rings. The Labute approximate surface area is 117 Å². The molecule has 19 heavy (non-hydrogen) atoms. The summed E-state index contributed by atoms with van der Waals surface area (Å²) in [6, 6.07) is 1.14. The molecule has 1 saturated carbocycles. The average molecular weight is 264 g/mol. The van der Waals surface area contributed by atoms with Crippen LogP contribution < -0.4 is 5.32 Å². The highest BCUT2D eigenvalue weighted by Gasteiger charge is 2.39. The number of nitrogens with zero attached hydrogens (tertiary/aromatic N) is 3. The summed E-state index contributed by atoms with van der Waals surface area (Å²) in [6.07, 6.45) is 7.80. The molecule has 0 spiro atoms. The first kappa shape index (κ1) is 14.5. The first-order valence-electron chi connectivity index (χ1n) is 7.29. The van der Waals surface area contributed by atoms with E-state index in [0.29, 0.717) is 17.5 Å². The van der Waals surface area contributed by atoms with Crippen molar-refractivity contribution < 1.29 is 0 Å². The fourth-order valence-corrected chi connectivity index (χ4v) is 3.56. The molecule has 1 aliphatic rings. The number of likely N-dealkylation sites (N-methyl/N-ethyl adjacent to an activating group) is 2.